The van der Waals surface area contributed by atoms with Gasteiger partial charge in [-0.2, -0.15) is 0 Å². The first-order chi connectivity index (χ1) is 9.66. The van der Waals surface area contributed by atoms with Crippen LogP contribution in [0.4, 0.5) is 0 Å². The molecular weight excluding hydrogens is 324 g/mol. The summed E-state index contributed by atoms with van der Waals surface area (Å²) >= 11 is 3.45. The first-order valence-electron chi connectivity index (χ1n) is 6.34. The molecule has 20 heavy (non-hydrogen) atoms. The van der Waals surface area contributed by atoms with E-state index in [1.165, 1.54) is 6.26 Å². The van der Waals surface area contributed by atoms with Crippen molar-refractivity contribution in [2.24, 2.45) is 0 Å². The Balaban J connectivity index is 2.10. The Morgan fingerprint density at radius 2 is 2.25 bits per heavy atom. The summed E-state index contributed by atoms with van der Waals surface area (Å²) in [7, 11) is 0. The molecule has 0 amide bonds. The molecule has 0 saturated carbocycles. The highest BCUT2D eigenvalue weighted by atomic mass is 79.9. The number of aliphatic carboxylic acids is 1. The number of allylic oxidation sites excluding steroid dienone is 6. The minimum absolute atomic E-state index is 0.439. The molecule has 0 radical (unpaired) electrons. The van der Waals surface area contributed by atoms with Gasteiger partial charge in [0.25, 0.3) is 6.29 Å². The molecule has 1 aliphatic heterocycles. The van der Waals surface area contributed by atoms with E-state index in [9.17, 15) is 4.79 Å². The number of carboxylic acids is 1. The summed E-state index contributed by atoms with van der Waals surface area (Å²) < 4.78 is 11.7. The third-order valence-electron chi connectivity index (χ3n) is 3.40. The molecule has 0 saturated heterocycles. The average Bonchev–Trinajstić information content (AvgIpc) is 2.42. The standard InChI is InChI=1S/C15H13BrO4/c16-12-7-3-6-11-10-5-2-1-4-9(10)8-19-15(14(17)18)20-13(11)12/h1,3-4,6-8,13,15H,2,5H2,(H,17,18)/b9-8?,11-10-. The lowest BCUT2D eigenvalue weighted by Gasteiger charge is -2.30. The monoisotopic (exact) mass is 336 g/mol. The number of ether oxygens (including phenoxy) is 2. The average molecular weight is 337 g/mol. The smallest absolute Gasteiger partial charge is 0.373 e. The summed E-state index contributed by atoms with van der Waals surface area (Å²) in [5.41, 5.74) is 3.05. The Kier molecular flexibility index (Phi) is 3.63. The molecule has 2 atom stereocenters. The predicted molar refractivity (Wildman–Crippen MR) is 77.0 cm³/mol. The molecule has 0 spiro atoms. The minimum Gasteiger partial charge on any atom is -0.477 e. The Hall–Kier alpha value is -1.59. The van der Waals surface area contributed by atoms with Crippen molar-refractivity contribution < 1.29 is 19.4 Å². The quantitative estimate of drug-likeness (QED) is 0.798. The van der Waals surface area contributed by atoms with Gasteiger partial charge in [-0.3, -0.25) is 0 Å². The second-order valence-corrected chi connectivity index (χ2v) is 5.60. The molecular formula is C15H13BrO4. The van der Waals surface area contributed by atoms with Crippen molar-refractivity contribution in [3.05, 3.63) is 57.8 Å². The minimum atomic E-state index is -1.31. The third kappa shape index (κ3) is 2.39. The number of halogens is 1. The van der Waals surface area contributed by atoms with E-state index in [0.717, 1.165) is 34.0 Å². The maximum absolute atomic E-state index is 11.2. The number of carboxylic acid groups (broad SMARTS) is 1. The lowest BCUT2D eigenvalue weighted by molar-refractivity contribution is -0.181. The summed E-state index contributed by atoms with van der Waals surface area (Å²) in [6.45, 7) is 0. The number of rotatable bonds is 1. The van der Waals surface area contributed by atoms with Crippen LogP contribution in [0.5, 0.6) is 0 Å². The summed E-state index contributed by atoms with van der Waals surface area (Å²) in [4.78, 5) is 11.2. The van der Waals surface area contributed by atoms with Gasteiger partial charge in [-0.15, -0.1) is 0 Å². The van der Waals surface area contributed by atoms with E-state index in [4.69, 9.17) is 14.6 Å². The van der Waals surface area contributed by atoms with E-state index in [-0.39, 0.29) is 0 Å². The second kappa shape index (κ2) is 5.42. The van der Waals surface area contributed by atoms with Crippen LogP contribution in [0.1, 0.15) is 12.8 Å². The number of carbonyl (C=O) groups is 1. The molecule has 5 heteroatoms. The van der Waals surface area contributed by atoms with Gasteiger partial charge in [0.1, 0.15) is 6.10 Å². The van der Waals surface area contributed by atoms with Gasteiger partial charge in [0.05, 0.1) is 6.26 Å². The Labute approximate surface area is 124 Å². The van der Waals surface area contributed by atoms with Crippen LogP contribution in [-0.4, -0.2) is 23.5 Å². The highest BCUT2D eigenvalue weighted by Crippen LogP contribution is 2.37. The van der Waals surface area contributed by atoms with Crippen molar-refractivity contribution in [3.8, 4) is 0 Å². The molecule has 0 aromatic heterocycles. The first-order valence-corrected chi connectivity index (χ1v) is 7.14. The van der Waals surface area contributed by atoms with Gasteiger partial charge in [0.15, 0.2) is 0 Å². The number of hydrogen-bond acceptors (Lipinski definition) is 3. The summed E-state index contributed by atoms with van der Waals surface area (Å²) in [6, 6.07) is 0. The maximum atomic E-state index is 11.2. The SMILES string of the molecule is O=C(O)C1OC=C2C=CCC/C2=C2\C=CC=C(Br)C2O1. The molecule has 0 fully saturated rings. The van der Waals surface area contributed by atoms with Gasteiger partial charge >= 0.3 is 5.97 Å². The predicted octanol–water partition coefficient (Wildman–Crippen LogP) is 3.19. The van der Waals surface area contributed by atoms with Crippen LogP contribution in [0, 0.1) is 0 Å². The number of hydrogen-bond donors (Lipinski definition) is 1. The topological polar surface area (TPSA) is 55.8 Å². The van der Waals surface area contributed by atoms with E-state index in [1.54, 1.807) is 0 Å². The molecule has 0 aromatic carbocycles. The Bertz CT molecular complexity index is 595. The van der Waals surface area contributed by atoms with Crippen molar-refractivity contribution in [3.63, 3.8) is 0 Å². The fourth-order valence-corrected chi connectivity index (χ4v) is 2.98. The van der Waals surface area contributed by atoms with Gasteiger partial charge in [0.2, 0.25) is 0 Å². The van der Waals surface area contributed by atoms with E-state index < -0.39 is 18.4 Å². The Morgan fingerprint density at radius 1 is 1.40 bits per heavy atom. The van der Waals surface area contributed by atoms with Crippen LogP contribution in [0.3, 0.4) is 0 Å². The zero-order chi connectivity index (χ0) is 14.1. The lowest BCUT2D eigenvalue weighted by Crippen LogP contribution is -2.34. The van der Waals surface area contributed by atoms with Gasteiger partial charge in [-0.1, -0.05) is 40.2 Å². The van der Waals surface area contributed by atoms with Gasteiger partial charge in [0, 0.05) is 10.1 Å². The summed E-state index contributed by atoms with van der Waals surface area (Å²) in [5, 5.41) is 9.16. The molecule has 3 aliphatic rings. The zero-order valence-corrected chi connectivity index (χ0v) is 12.2. The number of fused-ring (bicyclic) bond motifs is 2. The van der Waals surface area contributed by atoms with Gasteiger partial charge < -0.3 is 14.6 Å². The van der Waals surface area contributed by atoms with E-state index in [0.29, 0.717) is 0 Å². The third-order valence-corrected chi connectivity index (χ3v) is 4.08. The van der Waals surface area contributed by atoms with E-state index in [1.807, 2.05) is 24.3 Å². The van der Waals surface area contributed by atoms with Crippen molar-refractivity contribution in [2.75, 3.05) is 0 Å². The van der Waals surface area contributed by atoms with Crippen LogP contribution in [0.25, 0.3) is 0 Å². The molecule has 2 unspecified atom stereocenters. The Morgan fingerprint density at radius 3 is 3.05 bits per heavy atom. The molecule has 0 bridgehead atoms. The largest absolute Gasteiger partial charge is 0.477 e. The van der Waals surface area contributed by atoms with Crippen LogP contribution in [0.15, 0.2) is 57.8 Å². The molecule has 104 valence electrons. The van der Waals surface area contributed by atoms with Crippen LogP contribution in [0.2, 0.25) is 0 Å². The second-order valence-electron chi connectivity index (χ2n) is 4.68. The molecule has 0 aromatic rings. The van der Waals surface area contributed by atoms with Crippen molar-refractivity contribution in [1.82, 2.24) is 0 Å². The van der Waals surface area contributed by atoms with Crippen molar-refractivity contribution >= 4 is 21.9 Å². The molecule has 3 rings (SSSR count). The summed E-state index contributed by atoms with van der Waals surface area (Å²) in [6.07, 6.45) is 11.4. The fourth-order valence-electron chi connectivity index (χ4n) is 2.48. The normalized spacial score (nSPS) is 32.0. The molecule has 4 nitrogen and oxygen atoms in total. The first kappa shape index (κ1) is 13.4. The van der Waals surface area contributed by atoms with E-state index in [2.05, 4.69) is 22.0 Å². The maximum Gasteiger partial charge on any atom is 0.373 e. The van der Waals surface area contributed by atoms with E-state index >= 15 is 0 Å². The highest BCUT2D eigenvalue weighted by Gasteiger charge is 2.32. The van der Waals surface area contributed by atoms with Crippen LogP contribution in [-0.2, 0) is 14.3 Å². The highest BCUT2D eigenvalue weighted by molar-refractivity contribution is 9.11. The van der Waals surface area contributed by atoms with Crippen LogP contribution >= 0.6 is 15.9 Å². The van der Waals surface area contributed by atoms with Gasteiger partial charge in [-0.05, 0) is 30.1 Å². The lowest BCUT2D eigenvalue weighted by atomic mass is 9.87. The van der Waals surface area contributed by atoms with Crippen LogP contribution < -0.4 is 0 Å². The fraction of sp³-hybridized carbons (Fsp3) is 0.267. The summed E-state index contributed by atoms with van der Waals surface area (Å²) in [5.74, 6) is -1.14. The van der Waals surface area contributed by atoms with Crippen molar-refractivity contribution in [2.45, 2.75) is 25.2 Å². The molecule has 1 N–H and O–H groups in total. The molecule has 2 aliphatic carbocycles. The molecule has 1 heterocycles. The van der Waals surface area contributed by atoms with Crippen molar-refractivity contribution in [1.29, 1.82) is 0 Å². The van der Waals surface area contributed by atoms with Gasteiger partial charge in [-0.25, -0.2) is 4.79 Å². The zero-order valence-electron chi connectivity index (χ0n) is 10.6.